The van der Waals surface area contributed by atoms with Gasteiger partial charge in [0, 0.05) is 18.0 Å². The Morgan fingerprint density at radius 3 is 2.17 bits per heavy atom. The van der Waals surface area contributed by atoms with E-state index in [-0.39, 0.29) is 11.5 Å². The maximum atomic E-state index is 13.3. The van der Waals surface area contributed by atoms with Crippen LogP contribution in [0.3, 0.4) is 0 Å². The van der Waals surface area contributed by atoms with E-state index >= 15 is 0 Å². The molecule has 0 aliphatic carbocycles. The Hall–Kier alpha value is -2.69. The number of aromatic nitrogens is 1. The van der Waals surface area contributed by atoms with Crippen molar-refractivity contribution in [3.63, 3.8) is 0 Å². The molecular weight excluding hydrogens is 498 g/mol. The SMILES string of the molecule is CCCCCCCCOc1ccc2c(OC/C=C(\C)CCC=C(C)C)c(O)c(=O)n(CCCCCCCC)c2c1. The van der Waals surface area contributed by atoms with E-state index < -0.39 is 5.56 Å². The molecule has 0 unspecified atom stereocenters. The molecule has 2 rings (SSSR count). The first-order valence-corrected chi connectivity index (χ1v) is 15.8. The van der Waals surface area contributed by atoms with E-state index in [1.54, 1.807) is 4.57 Å². The minimum atomic E-state index is -0.395. The van der Waals surface area contributed by atoms with Crippen molar-refractivity contribution in [3.05, 3.63) is 51.9 Å². The Labute approximate surface area is 243 Å². The fourth-order valence-corrected chi connectivity index (χ4v) is 4.93. The summed E-state index contributed by atoms with van der Waals surface area (Å²) >= 11 is 0. The molecule has 0 atom stereocenters. The van der Waals surface area contributed by atoms with Crippen LogP contribution in [0.1, 0.15) is 125 Å². The highest BCUT2D eigenvalue weighted by Crippen LogP contribution is 2.34. The van der Waals surface area contributed by atoms with Crippen LogP contribution in [0.5, 0.6) is 17.2 Å². The lowest BCUT2D eigenvalue weighted by Gasteiger charge is -2.17. The molecule has 0 radical (unpaired) electrons. The number of ether oxygens (including phenoxy) is 2. The van der Waals surface area contributed by atoms with E-state index in [0.717, 1.165) is 48.8 Å². The van der Waals surface area contributed by atoms with E-state index in [4.69, 9.17) is 9.47 Å². The minimum Gasteiger partial charge on any atom is -0.500 e. The summed E-state index contributed by atoms with van der Waals surface area (Å²) in [4.78, 5) is 13.3. The van der Waals surface area contributed by atoms with Crippen LogP contribution in [0.4, 0.5) is 0 Å². The van der Waals surface area contributed by atoms with E-state index in [0.29, 0.717) is 19.8 Å². The van der Waals surface area contributed by atoms with Crippen molar-refractivity contribution in [3.8, 4) is 17.2 Å². The predicted octanol–water partition coefficient (Wildman–Crippen LogP) is 9.88. The molecule has 1 N–H and O–H groups in total. The highest BCUT2D eigenvalue weighted by Gasteiger charge is 2.18. The summed E-state index contributed by atoms with van der Waals surface area (Å²) in [5.74, 6) is 0.702. The number of fused-ring (bicyclic) bond motifs is 1. The Balaban J connectivity index is 2.21. The zero-order valence-corrected chi connectivity index (χ0v) is 26.0. The smallest absolute Gasteiger partial charge is 0.297 e. The lowest BCUT2D eigenvalue weighted by Crippen LogP contribution is -2.21. The molecule has 0 bridgehead atoms. The van der Waals surface area contributed by atoms with Crippen LogP contribution >= 0.6 is 0 Å². The van der Waals surface area contributed by atoms with E-state index in [1.807, 2.05) is 24.3 Å². The van der Waals surface area contributed by atoms with Crippen LogP contribution in [-0.4, -0.2) is 22.9 Å². The molecule has 0 saturated carbocycles. The molecule has 0 aliphatic heterocycles. The highest BCUT2D eigenvalue weighted by molar-refractivity contribution is 5.89. The second kappa shape index (κ2) is 19.4. The minimum absolute atomic E-state index is 0.259. The van der Waals surface area contributed by atoms with Gasteiger partial charge < -0.3 is 19.1 Å². The molecule has 0 amide bonds. The van der Waals surface area contributed by atoms with Gasteiger partial charge in [-0.3, -0.25) is 4.79 Å². The van der Waals surface area contributed by atoms with Gasteiger partial charge in [-0.25, -0.2) is 0 Å². The molecule has 1 aromatic carbocycles. The summed E-state index contributed by atoms with van der Waals surface area (Å²) < 4.78 is 13.8. The van der Waals surface area contributed by atoms with Crippen molar-refractivity contribution in [1.29, 1.82) is 0 Å². The maximum Gasteiger partial charge on any atom is 0.297 e. The summed E-state index contributed by atoms with van der Waals surface area (Å²) in [5, 5.41) is 11.7. The number of pyridine rings is 1. The van der Waals surface area contributed by atoms with E-state index in [1.165, 1.54) is 68.9 Å². The van der Waals surface area contributed by atoms with Crippen molar-refractivity contribution < 1.29 is 14.6 Å². The average molecular weight is 554 g/mol. The number of aromatic hydroxyl groups is 1. The van der Waals surface area contributed by atoms with Gasteiger partial charge in [0.15, 0.2) is 5.75 Å². The van der Waals surface area contributed by atoms with Gasteiger partial charge in [-0.15, -0.1) is 0 Å². The monoisotopic (exact) mass is 553 g/mol. The third kappa shape index (κ3) is 11.8. The highest BCUT2D eigenvalue weighted by atomic mass is 16.5. The van der Waals surface area contributed by atoms with Gasteiger partial charge in [-0.05, 0) is 64.7 Å². The number of allylic oxidation sites excluding steroid dienone is 3. The average Bonchev–Trinajstić information content (AvgIpc) is 2.93. The van der Waals surface area contributed by atoms with E-state index in [2.05, 4.69) is 40.7 Å². The van der Waals surface area contributed by atoms with Crippen LogP contribution in [0, 0.1) is 0 Å². The molecule has 0 fully saturated rings. The molecule has 40 heavy (non-hydrogen) atoms. The number of unbranched alkanes of at least 4 members (excludes halogenated alkanes) is 10. The quantitative estimate of drug-likeness (QED) is 0.123. The molecular formula is C35H55NO4. The molecule has 1 heterocycles. The fourth-order valence-electron chi connectivity index (χ4n) is 4.93. The first-order chi connectivity index (χ1) is 19.4. The van der Waals surface area contributed by atoms with Gasteiger partial charge in [0.05, 0.1) is 12.1 Å². The lowest BCUT2D eigenvalue weighted by molar-refractivity contribution is 0.304. The summed E-state index contributed by atoms with van der Waals surface area (Å²) in [7, 11) is 0. The Morgan fingerprint density at radius 1 is 0.850 bits per heavy atom. The van der Waals surface area contributed by atoms with Crippen LogP contribution in [0.15, 0.2) is 46.3 Å². The molecule has 2 aromatic rings. The second-order valence-corrected chi connectivity index (χ2v) is 11.4. The summed E-state index contributed by atoms with van der Waals surface area (Å²) in [6.07, 6.45) is 20.3. The molecule has 1 aromatic heterocycles. The summed E-state index contributed by atoms with van der Waals surface area (Å²) in [6, 6.07) is 5.78. The van der Waals surface area contributed by atoms with Crippen LogP contribution in [0.2, 0.25) is 0 Å². The van der Waals surface area contributed by atoms with Crippen molar-refractivity contribution in [1.82, 2.24) is 4.57 Å². The first kappa shape index (κ1) is 33.5. The third-order valence-electron chi connectivity index (χ3n) is 7.42. The molecule has 224 valence electrons. The van der Waals surface area contributed by atoms with Crippen molar-refractivity contribution >= 4 is 10.9 Å². The van der Waals surface area contributed by atoms with Crippen LogP contribution in [-0.2, 0) is 6.54 Å². The van der Waals surface area contributed by atoms with Gasteiger partial charge >= 0.3 is 0 Å². The Kier molecular flexibility index (Phi) is 16.3. The van der Waals surface area contributed by atoms with Crippen molar-refractivity contribution in [2.45, 2.75) is 131 Å². The second-order valence-electron chi connectivity index (χ2n) is 11.4. The molecule has 0 saturated heterocycles. The first-order valence-electron chi connectivity index (χ1n) is 15.8. The summed E-state index contributed by atoms with van der Waals surface area (Å²) in [6.45, 7) is 12.3. The molecule has 0 aliphatic rings. The normalized spacial score (nSPS) is 11.7. The Morgan fingerprint density at radius 2 is 1.50 bits per heavy atom. The predicted molar refractivity (Wildman–Crippen MR) is 170 cm³/mol. The molecule has 5 heteroatoms. The molecule has 5 nitrogen and oxygen atoms in total. The van der Waals surface area contributed by atoms with Gasteiger partial charge in [-0.2, -0.15) is 0 Å². The zero-order chi connectivity index (χ0) is 29.2. The lowest BCUT2D eigenvalue weighted by atomic mass is 10.1. The van der Waals surface area contributed by atoms with Gasteiger partial charge in [0.2, 0.25) is 5.75 Å². The van der Waals surface area contributed by atoms with E-state index in [9.17, 15) is 9.90 Å². The summed E-state index contributed by atoms with van der Waals surface area (Å²) in [5.41, 5.74) is 2.91. The Bertz CT molecular complexity index is 1120. The zero-order valence-electron chi connectivity index (χ0n) is 26.0. The van der Waals surface area contributed by atoms with Gasteiger partial charge in [0.1, 0.15) is 12.4 Å². The number of hydrogen-bond acceptors (Lipinski definition) is 4. The van der Waals surface area contributed by atoms with Crippen molar-refractivity contribution in [2.75, 3.05) is 13.2 Å². The number of benzene rings is 1. The third-order valence-corrected chi connectivity index (χ3v) is 7.42. The fraction of sp³-hybridized carbons (Fsp3) is 0.629. The number of hydrogen-bond donors (Lipinski definition) is 1. The molecule has 0 spiro atoms. The number of aryl methyl sites for hydroxylation is 1. The topological polar surface area (TPSA) is 60.7 Å². The number of rotatable bonds is 21. The van der Waals surface area contributed by atoms with Gasteiger partial charge in [-0.1, -0.05) is 95.3 Å². The number of nitrogens with zero attached hydrogens (tertiary/aromatic N) is 1. The van der Waals surface area contributed by atoms with Crippen molar-refractivity contribution in [2.24, 2.45) is 0 Å². The standard InChI is InChI=1S/C35H55NO4/c1-6-8-10-12-14-16-24-36-32-27-30(39-25-17-15-13-11-9-7-2)21-22-31(32)34(33(37)35(36)38)40-26-23-29(5)20-18-19-28(3)4/h19,21-23,27,37H,6-18,20,24-26H2,1-5H3/b29-23+. The van der Waals surface area contributed by atoms with Crippen LogP contribution < -0.4 is 15.0 Å². The van der Waals surface area contributed by atoms with Crippen LogP contribution in [0.25, 0.3) is 10.9 Å². The maximum absolute atomic E-state index is 13.3. The largest absolute Gasteiger partial charge is 0.500 e. The van der Waals surface area contributed by atoms with Gasteiger partial charge in [0.25, 0.3) is 5.56 Å².